The second-order valence-electron chi connectivity index (χ2n) is 5.29. The molecule has 0 fully saturated rings. The minimum absolute atomic E-state index is 0.328. The Morgan fingerprint density at radius 1 is 1.43 bits per heavy atom. The topological polar surface area (TPSA) is 62.9 Å². The van der Waals surface area contributed by atoms with Crippen LogP contribution < -0.4 is 10.1 Å². The second-order valence-corrected chi connectivity index (χ2v) is 5.70. The number of nitrogens with zero attached hydrogens (tertiary/aromatic N) is 3. The Labute approximate surface area is 141 Å². The Hall–Kier alpha value is -2.03. The van der Waals surface area contributed by atoms with Crippen molar-refractivity contribution in [1.82, 2.24) is 15.1 Å². The molecule has 122 valence electrons. The summed E-state index contributed by atoms with van der Waals surface area (Å²) < 4.78 is 7.66. The third-order valence-corrected chi connectivity index (χ3v) is 4.07. The van der Waals surface area contributed by atoms with Crippen molar-refractivity contribution in [2.24, 2.45) is 0 Å². The maximum Gasteiger partial charge on any atom is 0.233 e. The van der Waals surface area contributed by atoms with Crippen molar-refractivity contribution in [3.63, 3.8) is 0 Å². The smallest absolute Gasteiger partial charge is 0.233 e. The average molecular weight is 333 g/mol. The lowest BCUT2D eigenvalue weighted by atomic mass is 10.1. The van der Waals surface area contributed by atoms with Crippen LogP contribution in [0.2, 0.25) is 5.02 Å². The maximum atomic E-state index is 8.84. The first kappa shape index (κ1) is 17.3. The number of hydrogen-bond donors (Lipinski definition) is 1. The standard InChI is InChI=1S/C17H21ClN4O/c1-3-15(6-8-20-2)22-9-7-17(21-22)23-12-14-5-4-13(11-19)10-16(14)18/h4-5,7,9-10,15,20H,3,6,8,12H2,1-2H3. The molecule has 1 N–H and O–H groups in total. The normalized spacial score (nSPS) is 11.9. The molecule has 1 aromatic heterocycles. The van der Waals surface area contributed by atoms with Crippen molar-refractivity contribution in [2.75, 3.05) is 13.6 Å². The fraction of sp³-hybridized carbons (Fsp3) is 0.412. The van der Waals surface area contributed by atoms with Crippen molar-refractivity contribution in [3.05, 3.63) is 46.6 Å². The molecule has 0 radical (unpaired) electrons. The summed E-state index contributed by atoms with van der Waals surface area (Å²) in [6, 6.07) is 9.46. The van der Waals surface area contributed by atoms with E-state index in [-0.39, 0.29) is 0 Å². The van der Waals surface area contributed by atoms with E-state index >= 15 is 0 Å². The van der Waals surface area contributed by atoms with Crippen LogP contribution in [0.4, 0.5) is 0 Å². The van der Waals surface area contributed by atoms with Gasteiger partial charge in [0, 0.05) is 22.8 Å². The first-order valence-corrected chi connectivity index (χ1v) is 8.06. The van der Waals surface area contributed by atoms with Crippen molar-refractivity contribution < 1.29 is 4.74 Å². The molecule has 23 heavy (non-hydrogen) atoms. The van der Waals surface area contributed by atoms with Crippen LogP contribution in [0.1, 0.15) is 36.9 Å². The third kappa shape index (κ3) is 4.72. The fourth-order valence-electron chi connectivity index (χ4n) is 2.32. The Morgan fingerprint density at radius 3 is 2.91 bits per heavy atom. The molecule has 1 heterocycles. The van der Waals surface area contributed by atoms with Crippen molar-refractivity contribution in [1.29, 1.82) is 5.26 Å². The zero-order chi connectivity index (χ0) is 16.7. The quantitative estimate of drug-likeness (QED) is 0.803. The van der Waals surface area contributed by atoms with Gasteiger partial charge in [-0.15, -0.1) is 5.10 Å². The number of aromatic nitrogens is 2. The summed E-state index contributed by atoms with van der Waals surface area (Å²) in [7, 11) is 1.95. The molecule has 0 amide bonds. The van der Waals surface area contributed by atoms with Gasteiger partial charge < -0.3 is 10.1 Å². The fourth-order valence-corrected chi connectivity index (χ4v) is 2.56. The number of rotatable bonds is 8. The first-order chi connectivity index (χ1) is 11.2. The molecule has 2 rings (SSSR count). The van der Waals surface area contributed by atoms with Crippen LogP contribution in [0.3, 0.4) is 0 Å². The van der Waals surface area contributed by atoms with Crippen LogP contribution >= 0.6 is 11.6 Å². The lowest BCUT2D eigenvalue weighted by molar-refractivity contribution is 0.284. The number of nitrogens with one attached hydrogen (secondary N) is 1. The predicted octanol–water partition coefficient (Wildman–Crippen LogP) is 3.55. The van der Waals surface area contributed by atoms with Gasteiger partial charge in [-0.1, -0.05) is 24.6 Å². The van der Waals surface area contributed by atoms with E-state index in [1.807, 2.05) is 24.0 Å². The van der Waals surface area contributed by atoms with Crippen LogP contribution in [0, 0.1) is 11.3 Å². The van der Waals surface area contributed by atoms with Crippen molar-refractivity contribution >= 4 is 11.6 Å². The number of halogens is 1. The van der Waals surface area contributed by atoms with Gasteiger partial charge in [0.1, 0.15) is 6.61 Å². The van der Waals surface area contributed by atoms with Crippen molar-refractivity contribution in [3.8, 4) is 11.9 Å². The minimum atomic E-state index is 0.328. The second kappa shape index (κ2) is 8.56. The molecule has 0 aliphatic heterocycles. The van der Waals surface area contributed by atoms with E-state index in [2.05, 4.69) is 23.4 Å². The molecule has 0 saturated carbocycles. The highest BCUT2D eigenvalue weighted by atomic mass is 35.5. The molecule has 0 spiro atoms. The average Bonchev–Trinajstić information content (AvgIpc) is 3.03. The number of nitriles is 1. The van der Waals surface area contributed by atoms with E-state index in [0.29, 0.717) is 29.1 Å². The molecule has 1 aromatic carbocycles. The lowest BCUT2D eigenvalue weighted by Crippen LogP contribution is -2.16. The summed E-state index contributed by atoms with van der Waals surface area (Å²) in [5, 5.41) is 17.0. The van der Waals surface area contributed by atoms with E-state index < -0.39 is 0 Å². The molecule has 0 aliphatic rings. The number of benzene rings is 1. The molecular weight excluding hydrogens is 312 g/mol. The van der Waals surface area contributed by atoms with E-state index in [9.17, 15) is 0 Å². The van der Waals surface area contributed by atoms with Crippen LogP contribution in [-0.4, -0.2) is 23.4 Å². The zero-order valence-electron chi connectivity index (χ0n) is 13.4. The van der Waals surface area contributed by atoms with Gasteiger partial charge in [0.15, 0.2) is 0 Å². The van der Waals surface area contributed by atoms with Gasteiger partial charge in [0.2, 0.25) is 5.88 Å². The minimum Gasteiger partial charge on any atom is -0.472 e. The first-order valence-electron chi connectivity index (χ1n) is 7.69. The Kier molecular flexibility index (Phi) is 6.45. The number of ether oxygens (including phenoxy) is 1. The van der Waals surface area contributed by atoms with Gasteiger partial charge in [-0.3, -0.25) is 4.68 Å². The van der Waals surface area contributed by atoms with Gasteiger partial charge in [-0.2, -0.15) is 5.26 Å². The monoisotopic (exact) mass is 332 g/mol. The Morgan fingerprint density at radius 2 is 2.26 bits per heavy atom. The van der Waals surface area contributed by atoms with E-state index in [0.717, 1.165) is 24.9 Å². The van der Waals surface area contributed by atoms with Crippen LogP contribution in [0.25, 0.3) is 0 Å². The zero-order valence-corrected chi connectivity index (χ0v) is 14.2. The van der Waals surface area contributed by atoms with Crippen molar-refractivity contribution in [2.45, 2.75) is 32.4 Å². The van der Waals surface area contributed by atoms with Gasteiger partial charge in [0.25, 0.3) is 0 Å². The molecule has 0 aliphatic carbocycles. The molecular formula is C17H21ClN4O. The highest BCUT2D eigenvalue weighted by molar-refractivity contribution is 6.31. The van der Waals surface area contributed by atoms with E-state index in [4.69, 9.17) is 21.6 Å². The Bertz CT molecular complexity index is 677. The third-order valence-electron chi connectivity index (χ3n) is 3.71. The molecule has 1 atom stereocenters. The molecule has 1 unspecified atom stereocenters. The molecule has 0 bridgehead atoms. The van der Waals surface area contributed by atoms with Gasteiger partial charge in [-0.05, 0) is 38.6 Å². The van der Waals surface area contributed by atoms with E-state index in [1.165, 1.54) is 0 Å². The van der Waals surface area contributed by atoms with Crippen LogP contribution in [-0.2, 0) is 6.61 Å². The van der Waals surface area contributed by atoms with Gasteiger partial charge in [-0.25, -0.2) is 0 Å². The molecule has 6 heteroatoms. The van der Waals surface area contributed by atoms with Gasteiger partial charge >= 0.3 is 0 Å². The Balaban J connectivity index is 1.98. The summed E-state index contributed by atoms with van der Waals surface area (Å²) >= 11 is 6.15. The highest BCUT2D eigenvalue weighted by Gasteiger charge is 2.11. The summed E-state index contributed by atoms with van der Waals surface area (Å²) in [5.41, 5.74) is 1.38. The summed E-state index contributed by atoms with van der Waals surface area (Å²) in [5.74, 6) is 0.577. The summed E-state index contributed by atoms with van der Waals surface area (Å²) in [6.45, 7) is 3.43. The van der Waals surface area contributed by atoms with E-state index in [1.54, 1.807) is 18.2 Å². The number of hydrogen-bond acceptors (Lipinski definition) is 4. The van der Waals surface area contributed by atoms with Crippen LogP contribution in [0.15, 0.2) is 30.5 Å². The summed E-state index contributed by atoms with van der Waals surface area (Å²) in [4.78, 5) is 0. The highest BCUT2D eigenvalue weighted by Crippen LogP contribution is 2.21. The largest absolute Gasteiger partial charge is 0.472 e. The molecule has 5 nitrogen and oxygen atoms in total. The van der Waals surface area contributed by atoms with Gasteiger partial charge in [0.05, 0.1) is 17.7 Å². The lowest BCUT2D eigenvalue weighted by Gasteiger charge is -2.15. The molecule has 2 aromatic rings. The SMILES string of the molecule is CCC(CCNC)n1ccc(OCc2ccc(C#N)cc2Cl)n1. The van der Waals surface area contributed by atoms with Crippen LogP contribution in [0.5, 0.6) is 5.88 Å². The molecule has 0 saturated heterocycles. The maximum absolute atomic E-state index is 8.84. The predicted molar refractivity (Wildman–Crippen MR) is 90.6 cm³/mol. The summed E-state index contributed by atoms with van der Waals surface area (Å²) in [6.07, 6.45) is 3.99.